The number of aromatic hydroxyl groups is 1. The van der Waals surface area contributed by atoms with Gasteiger partial charge in [0.25, 0.3) is 0 Å². The maximum absolute atomic E-state index is 10.2. The number of thioether (sulfide) groups is 2. The summed E-state index contributed by atoms with van der Waals surface area (Å²) in [7, 11) is 2.16. The van der Waals surface area contributed by atoms with Gasteiger partial charge in [-0.2, -0.15) is 0 Å². The van der Waals surface area contributed by atoms with Gasteiger partial charge in [0.1, 0.15) is 5.01 Å². The van der Waals surface area contributed by atoms with Gasteiger partial charge in [0, 0.05) is 28.4 Å². The fraction of sp³-hybridized carbons (Fsp3) is 0.136. The zero-order valence-electron chi connectivity index (χ0n) is 17.4. The van der Waals surface area contributed by atoms with Gasteiger partial charge in [-0.25, -0.2) is 4.98 Å². The first-order chi connectivity index (χ1) is 14.8. The SMILES string of the molecule is C=C(Nc1cc(O)c(OP)c(SC)c1)S/C(=C(\C)N)c1nc(-c2ccc(C)cc2)cs1. The largest absolute Gasteiger partial charge is 0.504 e. The summed E-state index contributed by atoms with van der Waals surface area (Å²) < 4.78 is 5.19. The van der Waals surface area contributed by atoms with Gasteiger partial charge < -0.3 is 20.7 Å². The van der Waals surface area contributed by atoms with E-state index in [1.165, 1.54) is 29.1 Å². The molecule has 162 valence electrons. The number of aryl methyl sites for hydroxylation is 1. The summed E-state index contributed by atoms with van der Waals surface area (Å²) in [6.45, 7) is 8.03. The van der Waals surface area contributed by atoms with Gasteiger partial charge in [-0.1, -0.05) is 48.2 Å². The first kappa shape index (κ1) is 23.5. The molecule has 0 saturated carbocycles. The van der Waals surface area contributed by atoms with Crippen LogP contribution in [-0.4, -0.2) is 16.3 Å². The van der Waals surface area contributed by atoms with E-state index < -0.39 is 0 Å². The molecule has 0 aliphatic rings. The van der Waals surface area contributed by atoms with Crippen molar-refractivity contribution >= 4 is 54.9 Å². The Hall–Kier alpha value is -2.12. The van der Waals surface area contributed by atoms with E-state index in [0.29, 0.717) is 22.2 Å². The van der Waals surface area contributed by atoms with Gasteiger partial charge in [-0.3, -0.25) is 0 Å². The van der Waals surface area contributed by atoms with Gasteiger partial charge in [0.2, 0.25) is 0 Å². The molecule has 1 aromatic heterocycles. The second-order valence-electron chi connectivity index (χ2n) is 6.71. The summed E-state index contributed by atoms with van der Waals surface area (Å²) in [6, 6.07) is 11.8. The lowest BCUT2D eigenvalue weighted by Gasteiger charge is -2.14. The molecule has 0 aliphatic carbocycles. The van der Waals surface area contributed by atoms with Crippen molar-refractivity contribution in [1.82, 2.24) is 4.98 Å². The topological polar surface area (TPSA) is 80.4 Å². The van der Waals surface area contributed by atoms with E-state index in [1.54, 1.807) is 17.4 Å². The third kappa shape index (κ3) is 5.77. The fourth-order valence-corrected chi connectivity index (χ4v) is 5.49. The van der Waals surface area contributed by atoms with Crippen LogP contribution in [0.1, 0.15) is 17.5 Å². The number of hydrogen-bond donors (Lipinski definition) is 3. The lowest BCUT2D eigenvalue weighted by atomic mass is 10.1. The highest BCUT2D eigenvalue weighted by Gasteiger charge is 2.15. The Kier molecular flexibility index (Phi) is 7.94. The highest BCUT2D eigenvalue weighted by molar-refractivity contribution is 8.12. The van der Waals surface area contributed by atoms with E-state index in [9.17, 15) is 5.11 Å². The summed E-state index contributed by atoms with van der Waals surface area (Å²) in [5.41, 5.74) is 10.7. The predicted octanol–water partition coefficient (Wildman–Crippen LogP) is 6.68. The van der Waals surface area contributed by atoms with Crippen LogP contribution >= 0.6 is 44.3 Å². The van der Waals surface area contributed by atoms with Gasteiger partial charge in [0.05, 0.1) is 30.0 Å². The molecule has 1 unspecified atom stereocenters. The van der Waals surface area contributed by atoms with Crippen LogP contribution < -0.4 is 15.6 Å². The zero-order valence-corrected chi connectivity index (χ0v) is 21.0. The molecule has 5 nitrogen and oxygen atoms in total. The van der Waals surface area contributed by atoms with Crippen LogP contribution in [0.5, 0.6) is 11.5 Å². The van der Waals surface area contributed by atoms with Crippen LogP contribution in [0, 0.1) is 6.92 Å². The molecule has 0 saturated heterocycles. The summed E-state index contributed by atoms with van der Waals surface area (Å²) in [5, 5.41) is 17.0. The Morgan fingerprint density at radius 1 is 1.29 bits per heavy atom. The number of nitrogens with two attached hydrogens (primary N) is 1. The number of nitrogens with one attached hydrogen (secondary N) is 1. The number of phenolic OH excluding ortho intramolecular Hbond substituents is 1. The molecular formula is C22H24N3O2PS3. The molecular weight excluding hydrogens is 465 g/mol. The minimum Gasteiger partial charge on any atom is -0.504 e. The van der Waals surface area contributed by atoms with Crippen LogP contribution in [0.4, 0.5) is 5.69 Å². The van der Waals surface area contributed by atoms with Gasteiger partial charge in [0.15, 0.2) is 11.5 Å². The average Bonchev–Trinajstić information content (AvgIpc) is 3.21. The lowest BCUT2D eigenvalue weighted by Crippen LogP contribution is -2.00. The van der Waals surface area contributed by atoms with Crippen molar-refractivity contribution in [2.75, 3.05) is 11.6 Å². The summed E-state index contributed by atoms with van der Waals surface area (Å²) in [6.07, 6.45) is 1.92. The minimum atomic E-state index is 0.0515. The lowest BCUT2D eigenvalue weighted by molar-refractivity contribution is 0.446. The van der Waals surface area contributed by atoms with Gasteiger partial charge in [-0.05, 0) is 26.2 Å². The van der Waals surface area contributed by atoms with Crippen LogP contribution in [0.25, 0.3) is 16.2 Å². The average molecular weight is 490 g/mol. The zero-order chi connectivity index (χ0) is 22.5. The third-order valence-corrected chi connectivity index (χ3v) is 7.32. The van der Waals surface area contributed by atoms with Crippen molar-refractivity contribution in [3.63, 3.8) is 0 Å². The molecule has 3 rings (SSSR count). The van der Waals surface area contributed by atoms with Crippen LogP contribution in [-0.2, 0) is 0 Å². The number of phenols is 1. The fourth-order valence-electron chi connectivity index (χ4n) is 2.77. The quantitative estimate of drug-likeness (QED) is 0.241. The Labute approximate surface area is 197 Å². The number of thiazole rings is 1. The van der Waals surface area contributed by atoms with Crippen molar-refractivity contribution in [2.24, 2.45) is 5.73 Å². The third-order valence-electron chi connectivity index (χ3n) is 4.29. The Morgan fingerprint density at radius 3 is 2.61 bits per heavy atom. The molecule has 31 heavy (non-hydrogen) atoms. The number of nitrogens with zero attached hydrogens (tertiary/aromatic N) is 1. The van der Waals surface area contributed by atoms with Crippen LogP contribution in [0.3, 0.4) is 0 Å². The van der Waals surface area contributed by atoms with E-state index in [4.69, 9.17) is 15.2 Å². The number of anilines is 1. The smallest absolute Gasteiger partial charge is 0.177 e. The summed E-state index contributed by atoms with van der Waals surface area (Å²) >= 11 is 4.44. The summed E-state index contributed by atoms with van der Waals surface area (Å²) in [4.78, 5) is 6.44. The molecule has 0 spiro atoms. The van der Waals surface area contributed by atoms with Crippen molar-refractivity contribution in [1.29, 1.82) is 0 Å². The van der Waals surface area contributed by atoms with Crippen LogP contribution in [0.15, 0.2) is 64.0 Å². The maximum atomic E-state index is 10.2. The standard InChI is InChI=1S/C22H24N3O2PS3/c1-12-5-7-15(8-6-12)17-11-30-22(25-17)21(13(2)23)31-14(3)24-16-9-18(26)20(27-28)19(10-16)29-4/h5-11,24,26H,3,23,28H2,1-2,4H3/b21-13+. The molecule has 1 atom stereocenters. The molecule has 2 aromatic carbocycles. The molecule has 0 fully saturated rings. The maximum Gasteiger partial charge on any atom is 0.177 e. The number of rotatable bonds is 8. The number of aromatic nitrogens is 1. The Bertz CT molecular complexity index is 1120. The van der Waals surface area contributed by atoms with Gasteiger partial charge in [-0.15, -0.1) is 23.1 Å². The van der Waals surface area contributed by atoms with E-state index >= 15 is 0 Å². The number of hydrogen-bond acceptors (Lipinski definition) is 8. The van der Waals surface area contributed by atoms with E-state index in [0.717, 1.165) is 26.1 Å². The second kappa shape index (κ2) is 10.5. The van der Waals surface area contributed by atoms with Crippen molar-refractivity contribution in [3.05, 3.63) is 69.7 Å². The normalized spacial score (nSPS) is 11.7. The second-order valence-corrected chi connectivity index (χ2v) is 9.76. The molecule has 4 N–H and O–H groups in total. The molecule has 0 radical (unpaired) electrons. The highest BCUT2D eigenvalue weighted by atomic mass is 32.2. The summed E-state index contributed by atoms with van der Waals surface area (Å²) in [5.74, 6) is 0.474. The van der Waals surface area contributed by atoms with Crippen molar-refractivity contribution in [3.8, 4) is 22.8 Å². The van der Waals surface area contributed by atoms with E-state index in [2.05, 4.69) is 52.6 Å². The molecule has 1 heterocycles. The predicted molar refractivity (Wildman–Crippen MR) is 140 cm³/mol. The minimum absolute atomic E-state index is 0.0515. The molecule has 9 heteroatoms. The number of allylic oxidation sites excluding steroid dienone is 1. The first-order valence-electron chi connectivity index (χ1n) is 9.23. The molecule has 3 aromatic rings. The monoisotopic (exact) mass is 489 g/mol. The first-order valence-corrected chi connectivity index (χ1v) is 12.6. The van der Waals surface area contributed by atoms with Crippen LogP contribution in [0.2, 0.25) is 0 Å². The van der Waals surface area contributed by atoms with Crippen molar-refractivity contribution in [2.45, 2.75) is 18.7 Å². The Balaban J connectivity index is 1.79. The highest BCUT2D eigenvalue weighted by Crippen LogP contribution is 2.42. The Morgan fingerprint density at radius 2 is 2.00 bits per heavy atom. The molecule has 0 aliphatic heterocycles. The van der Waals surface area contributed by atoms with Gasteiger partial charge >= 0.3 is 0 Å². The molecule has 0 amide bonds. The number of benzene rings is 2. The van der Waals surface area contributed by atoms with Crippen molar-refractivity contribution < 1.29 is 9.63 Å². The van der Waals surface area contributed by atoms with E-state index in [-0.39, 0.29) is 5.75 Å². The van der Waals surface area contributed by atoms with E-state index in [1.807, 2.05) is 24.6 Å². The molecule has 0 bridgehead atoms.